The Labute approximate surface area is 122 Å². The Kier molecular flexibility index (Phi) is 3.20. The fourth-order valence-electron chi connectivity index (χ4n) is 2.30. The van der Waals surface area contributed by atoms with Crippen molar-refractivity contribution >= 4 is 11.2 Å². The predicted octanol–water partition coefficient (Wildman–Crippen LogP) is 2.85. The van der Waals surface area contributed by atoms with Crippen molar-refractivity contribution in [1.82, 2.24) is 9.38 Å². The van der Waals surface area contributed by atoms with Crippen LogP contribution in [0.15, 0.2) is 42.6 Å². The molecule has 2 heterocycles. The van der Waals surface area contributed by atoms with Gasteiger partial charge in [-0.15, -0.1) is 0 Å². The number of aromatic nitrogens is 2. The number of benzene rings is 1. The Bertz CT molecular complexity index is 845. The van der Waals surface area contributed by atoms with Gasteiger partial charge in [0, 0.05) is 11.8 Å². The molecule has 104 valence electrons. The number of hydrogen-bond donors (Lipinski definition) is 1. The van der Waals surface area contributed by atoms with Gasteiger partial charge in [0.25, 0.3) is 0 Å². The number of anilines is 1. The molecule has 5 heteroatoms. The van der Waals surface area contributed by atoms with Crippen molar-refractivity contribution in [2.24, 2.45) is 0 Å². The van der Waals surface area contributed by atoms with E-state index < -0.39 is 0 Å². The molecule has 0 saturated heterocycles. The lowest BCUT2D eigenvalue weighted by atomic mass is 10.2. The van der Waals surface area contributed by atoms with Crippen molar-refractivity contribution in [2.45, 2.75) is 6.92 Å². The average molecular weight is 278 g/mol. The third-order valence-electron chi connectivity index (χ3n) is 3.22. The highest BCUT2D eigenvalue weighted by Gasteiger charge is 2.13. The van der Waals surface area contributed by atoms with E-state index in [4.69, 9.17) is 10.5 Å². The van der Waals surface area contributed by atoms with E-state index in [2.05, 4.69) is 11.1 Å². The zero-order valence-corrected chi connectivity index (χ0v) is 11.6. The SMILES string of the molecule is CCOc1ccc(-c2nc(C#N)c3ccccn23)cc1N. The van der Waals surface area contributed by atoms with E-state index in [1.54, 1.807) is 0 Å². The number of nitrogens with two attached hydrogens (primary N) is 1. The Hall–Kier alpha value is -3.00. The fourth-order valence-corrected chi connectivity index (χ4v) is 2.30. The van der Waals surface area contributed by atoms with Crippen molar-refractivity contribution < 1.29 is 4.74 Å². The van der Waals surface area contributed by atoms with Crippen molar-refractivity contribution in [1.29, 1.82) is 5.26 Å². The van der Waals surface area contributed by atoms with Gasteiger partial charge in [-0.1, -0.05) is 6.07 Å². The molecule has 2 aromatic heterocycles. The summed E-state index contributed by atoms with van der Waals surface area (Å²) in [7, 11) is 0. The van der Waals surface area contributed by atoms with Crippen molar-refractivity contribution in [3.63, 3.8) is 0 Å². The summed E-state index contributed by atoms with van der Waals surface area (Å²) < 4.78 is 7.32. The molecule has 0 radical (unpaired) electrons. The second-order valence-corrected chi connectivity index (χ2v) is 4.54. The van der Waals surface area contributed by atoms with Gasteiger partial charge in [-0.2, -0.15) is 5.26 Å². The van der Waals surface area contributed by atoms with E-state index in [0.717, 1.165) is 11.1 Å². The van der Waals surface area contributed by atoms with Gasteiger partial charge >= 0.3 is 0 Å². The summed E-state index contributed by atoms with van der Waals surface area (Å²) in [4.78, 5) is 4.40. The van der Waals surface area contributed by atoms with Crippen LogP contribution in [0.1, 0.15) is 12.6 Å². The van der Waals surface area contributed by atoms with Crippen LogP contribution in [0.3, 0.4) is 0 Å². The lowest BCUT2D eigenvalue weighted by Gasteiger charge is -2.08. The Balaban J connectivity index is 2.17. The van der Waals surface area contributed by atoms with Gasteiger partial charge in [0.05, 0.1) is 17.8 Å². The third-order valence-corrected chi connectivity index (χ3v) is 3.22. The van der Waals surface area contributed by atoms with E-state index in [-0.39, 0.29) is 0 Å². The molecule has 0 amide bonds. The van der Waals surface area contributed by atoms with Crippen LogP contribution in [-0.2, 0) is 0 Å². The fraction of sp³-hybridized carbons (Fsp3) is 0.125. The standard InChI is InChI=1S/C16H14N4O/c1-2-21-15-7-6-11(9-12(15)18)16-19-13(10-17)14-5-3-4-8-20(14)16/h3-9H,2,18H2,1H3. The number of rotatable bonds is 3. The first-order chi connectivity index (χ1) is 10.2. The number of nitrogen functional groups attached to an aromatic ring is 1. The van der Waals surface area contributed by atoms with Crippen molar-refractivity contribution in [2.75, 3.05) is 12.3 Å². The summed E-state index contributed by atoms with van der Waals surface area (Å²) in [5.74, 6) is 1.35. The molecule has 0 fully saturated rings. The molecule has 3 aromatic rings. The van der Waals surface area contributed by atoms with Gasteiger partial charge < -0.3 is 10.5 Å². The highest BCUT2D eigenvalue weighted by Crippen LogP contribution is 2.29. The Morgan fingerprint density at radius 2 is 2.19 bits per heavy atom. The first-order valence-corrected chi connectivity index (χ1v) is 6.64. The van der Waals surface area contributed by atoms with Crippen LogP contribution in [0.5, 0.6) is 5.75 Å². The quantitative estimate of drug-likeness (QED) is 0.747. The summed E-state index contributed by atoms with van der Waals surface area (Å²) in [5, 5.41) is 9.19. The van der Waals surface area contributed by atoms with E-state index in [1.807, 2.05) is 53.9 Å². The summed E-state index contributed by atoms with van der Waals surface area (Å²) in [6, 6.07) is 13.3. The molecule has 0 saturated carbocycles. The number of ether oxygens (including phenoxy) is 1. The predicted molar refractivity (Wildman–Crippen MR) is 80.9 cm³/mol. The van der Waals surface area contributed by atoms with E-state index in [1.165, 1.54) is 0 Å². The largest absolute Gasteiger partial charge is 0.492 e. The number of nitriles is 1. The molecule has 0 aliphatic heterocycles. The first-order valence-electron chi connectivity index (χ1n) is 6.64. The number of fused-ring (bicyclic) bond motifs is 1. The molecule has 0 aliphatic carbocycles. The zero-order chi connectivity index (χ0) is 14.8. The maximum absolute atomic E-state index is 9.19. The van der Waals surface area contributed by atoms with Gasteiger partial charge in [0.1, 0.15) is 17.6 Å². The van der Waals surface area contributed by atoms with E-state index in [0.29, 0.717) is 29.6 Å². The minimum absolute atomic E-state index is 0.401. The molecule has 0 bridgehead atoms. The molecular weight excluding hydrogens is 264 g/mol. The molecule has 0 unspecified atom stereocenters. The molecule has 0 spiro atoms. The summed E-state index contributed by atoms with van der Waals surface area (Å²) in [6.45, 7) is 2.48. The smallest absolute Gasteiger partial charge is 0.166 e. The molecule has 1 aromatic carbocycles. The lowest BCUT2D eigenvalue weighted by molar-refractivity contribution is 0.342. The molecule has 0 atom stereocenters. The Morgan fingerprint density at radius 1 is 1.33 bits per heavy atom. The molecule has 2 N–H and O–H groups in total. The highest BCUT2D eigenvalue weighted by molar-refractivity contribution is 5.72. The van der Waals surface area contributed by atoms with E-state index >= 15 is 0 Å². The number of hydrogen-bond acceptors (Lipinski definition) is 4. The van der Waals surface area contributed by atoms with Gasteiger partial charge in [0.15, 0.2) is 5.69 Å². The molecule has 3 rings (SSSR count). The molecule has 21 heavy (non-hydrogen) atoms. The summed E-state index contributed by atoms with van der Waals surface area (Å²) in [6.07, 6.45) is 1.88. The lowest BCUT2D eigenvalue weighted by Crippen LogP contribution is -1.97. The van der Waals surface area contributed by atoms with Crippen LogP contribution < -0.4 is 10.5 Å². The normalized spacial score (nSPS) is 10.5. The highest BCUT2D eigenvalue weighted by atomic mass is 16.5. The first kappa shape index (κ1) is 13.0. The zero-order valence-electron chi connectivity index (χ0n) is 11.6. The number of pyridine rings is 1. The summed E-state index contributed by atoms with van der Waals surface area (Å²) >= 11 is 0. The van der Waals surface area contributed by atoms with Crippen LogP contribution in [0, 0.1) is 11.3 Å². The van der Waals surface area contributed by atoms with Gasteiger partial charge in [-0.05, 0) is 37.3 Å². The van der Waals surface area contributed by atoms with Crippen LogP contribution in [0.25, 0.3) is 16.9 Å². The van der Waals surface area contributed by atoms with Crippen LogP contribution in [0.4, 0.5) is 5.69 Å². The number of nitrogens with zero attached hydrogens (tertiary/aromatic N) is 3. The van der Waals surface area contributed by atoms with Crippen LogP contribution >= 0.6 is 0 Å². The molecular formula is C16H14N4O. The van der Waals surface area contributed by atoms with Crippen molar-refractivity contribution in [3.8, 4) is 23.2 Å². The summed E-state index contributed by atoms with van der Waals surface area (Å²) in [5.41, 5.74) is 8.58. The minimum Gasteiger partial charge on any atom is -0.492 e. The van der Waals surface area contributed by atoms with Gasteiger partial charge in [-0.25, -0.2) is 4.98 Å². The third kappa shape index (κ3) is 2.17. The maximum atomic E-state index is 9.19. The van der Waals surface area contributed by atoms with Crippen molar-refractivity contribution in [3.05, 3.63) is 48.3 Å². The molecule has 0 aliphatic rings. The van der Waals surface area contributed by atoms with Gasteiger partial charge in [0.2, 0.25) is 0 Å². The maximum Gasteiger partial charge on any atom is 0.166 e. The minimum atomic E-state index is 0.401. The Morgan fingerprint density at radius 3 is 2.90 bits per heavy atom. The van der Waals surface area contributed by atoms with Crippen LogP contribution in [-0.4, -0.2) is 16.0 Å². The topological polar surface area (TPSA) is 76.3 Å². The molecule has 5 nitrogen and oxygen atoms in total. The second kappa shape index (κ2) is 5.17. The van der Waals surface area contributed by atoms with Crippen LogP contribution in [0.2, 0.25) is 0 Å². The van der Waals surface area contributed by atoms with E-state index in [9.17, 15) is 5.26 Å². The average Bonchev–Trinajstić information content (AvgIpc) is 2.88. The monoisotopic (exact) mass is 278 g/mol. The second-order valence-electron chi connectivity index (χ2n) is 4.54. The number of imidazole rings is 1. The van der Waals surface area contributed by atoms with Gasteiger partial charge in [-0.3, -0.25) is 4.40 Å².